The molecule has 2 nitrogen and oxygen atoms in total. The minimum Gasteiger partial charge on any atom is -0.400 e. The number of aryl methyl sites for hydroxylation is 1. The number of fused-ring (bicyclic) bond motifs is 2. The van der Waals surface area contributed by atoms with Gasteiger partial charge >= 0.3 is 0 Å². The van der Waals surface area contributed by atoms with Crippen LogP contribution in [0.2, 0.25) is 0 Å². The Morgan fingerprint density at radius 2 is 1.66 bits per heavy atom. The van der Waals surface area contributed by atoms with E-state index >= 15 is 0 Å². The molecule has 0 spiro atoms. The third-order valence-electron chi connectivity index (χ3n) is 6.83. The van der Waals surface area contributed by atoms with Crippen LogP contribution in [0.3, 0.4) is 0 Å². The molecule has 2 bridgehead atoms. The van der Waals surface area contributed by atoms with E-state index in [0.29, 0.717) is 0 Å². The summed E-state index contributed by atoms with van der Waals surface area (Å²) >= 11 is 5.49. The Bertz CT molecular complexity index is 754. The van der Waals surface area contributed by atoms with Crippen LogP contribution in [0.15, 0.2) is 60.7 Å². The second kappa shape index (κ2) is 10.9. The van der Waals surface area contributed by atoms with Gasteiger partial charge in [0.15, 0.2) is 0 Å². The Labute approximate surface area is 184 Å². The maximum Gasteiger partial charge on any atom is 0.0790 e. The first kappa shape index (κ1) is 23.6. The highest BCUT2D eigenvalue weighted by atomic mass is 32.1. The van der Waals surface area contributed by atoms with Crippen molar-refractivity contribution >= 4 is 17.2 Å². The molecule has 2 saturated carbocycles. The molecule has 2 aliphatic carbocycles. The molecule has 3 atom stereocenters. The summed E-state index contributed by atoms with van der Waals surface area (Å²) in [5, 5.41) is 7.00. The molecule has 0 aromatic heterocycles. The summed E-state index contributed by atoms with van der Waals surface area (Å²) in [6, 6.07) is 21.3. The Morgan fingerprint density at radius 3 is 2.14 bits per heavy atom. The van der Waals surface area contributed by atoms with E-state index in [1.807, 2.05) is 18.2 Å². The highest BCUT2D eigenvalue weighted by Gasteiger charge is 2.51. The first-order valence-corrected chi connectivity index (χ1v) is 11.2. The second-order valence-electron chi connectivity index (χ2n) is 8.64. The first-order chi connectivity index (χ1) is 14.0. The summed E-state index contributed by atoms with van der Waals surface area (Å²) in [5.41, 5.74) is 9.42. The van der Waals surface area contributed by atoms with Gasteiger partial charge in [-0.15, -0.1) is 0 Å². The van der Waals surface area contributed by atoms with Crippen molar-refractivity contribution in [1.29, 1.82) is 0 Å². The number of nitrogens with two attached hydrogens (primary N) is 1. The van der Waals surface area contributed by atoms with Crippen LogP contribution in [-0.4, -0.2) is 17.2 Å². The van der Waals surface area contributed by atoms with Gasteiger partial charge in [0.05, 0.1) is 4.99 Å². The van der Waals surface area contributed by atoms with E-state index in [4.69, 9.17) is 23.1 Å². The van der Waals surface area contributed by atoms with Gasteiger partial charge in [-0.2, -0.15) is 0 Å². The molecule has 0 amide bonds. The zero-order valence-corrected chi connectivity index (χ0v) is 19.0. The molecular formula is C26H39NOS. The third-order valence-corrected chi connectivity index (χ3v) is 7.26. The van der Waals surface area contributed by atoms with Crippen LogP contribution in [-0.2, 0) is 5.41 Å². The summed E-state index contributed by atoms with van der Waals surface area (Å²) in [5.74, 6) is 0.805. The second-order valence-corrected chi connectivity index (χ2v) is 9.08. The van der Waals surface area contributed by atoms with Gasteiger partial charge in [-0.25, -0.2) is 0 Å². The minimum absolute atomic E-state index is 0. The average molecular weight is 414 g/mol. The van der Waals surface area contributed by atoms with Crippen LogP contribution in [0, 0.1) is 18.3 Å². The number of rotatable bonds is 3. The Balaban J connectivity index is 0.000000381. The molecule has 2 aromatic rings. The van der Waals surface area contributed by atoms with Crippen molar-refractivity contribution in [3.63, 3.8) is 0 Å². The van der Waals surface area contributed by atoms with Crippen molar-refractivity contribution in [2.45, 2.75) is 64.2 Å². The van der Waals surface area contributed by atoms with Gasteiger partial charge in [0.25, 0.3) is 0 Å². The van der Waals surface area contributed by atoms with Crippen LogP contribution in [0.25, 0.3) is 0 Å². The zero-order valence-electron chi connectivity index (χ0n) is 18.2. The number of aliphatic hydroxyl groups excluding tert-OH is 1. The maximum atomic E-state index is 7.00. The van der Waals surface area contributed by atoms with E-state index < -0.39 is 0 Å². The standard InChI is InChI=1S/C18H25NS.C7H8.CH4O.H2/c1-2-17(15-8-4-3-5-9-15)11-14-7-6-10-18(12-14,13-17)16(19)20;1-7-5-3-2-4-6-7;1-2;/h3-5,8-9,14H,2,6-7,10-13H2,1H3,(H2,19,20);2-6H,1H3;2H,1H3;1H. The quantitative estimate of drug-likeness (QED) is 0.569. The molecule has 3 N–H and O–H groups in total. The molecule has 0 heterocycles. The maximum absolute atomic E-state index is 7.00. The summed E-state index contributed by atoms with van der Waals surface area (Å²) < 4.78 is 0. The van der Waals surface area contributed by atoms with Gasteiger partial charge in [-0.3, -0.25) is 0 Å². The zero-order chi connectivity index (χ0) is 21.3. The summed E-state index contributed by atoms with van der Waals surface area (Å²) in [7, 11) is 1.00. The lowest BCUT2D eigenvalue weighted by atomic mass is 9.51. The van der Waals surface area contributed by atoms with E-state index in [9.17, 15) is 0 Å². The van der Waals surface area contributed by atoms with Gasteiger partial charge in [-0.05, 0) is 55.9 Å². The highest BCUT2D eigenvalue weighted by molar-refractivity contribution is 7.80. The molecular weight excluding hydrogens is 374 g/mol. The average Bonchev–Trinajstić information content (AvgIpc) is 2.76. The number of thiocarbonyl (C=S) groups is 1. The van der Waals surface area contributed by atoms with Gasteiger partial charge in [-0.1, -0.05) is 98.2 Å². The van der Waals surface area contributed by atoms with E-state index in [2.05, 4.69) is 56.3 Å². The minimum atomic E-state index is 0. The predicted octanol–water partition coefficient (Wildman–Crippen LogP) is 6.44. The summed E-state index contributed by atoms with van der Waals surface area (Å²) in [6.07, 6.45) is 8.77. The summed E-state index contributed by atoms with van der Waals surface area (Å²) in [6.45, 7) is 4.42. The van der Waals surface area contributed by atoms with E-state index in [-0.39, 0.29) is 12.3 Å². The molecule has 2 aliphatic rings. The molecule has 0 saturated heterocycles. The smallest absolute Gasteiger partial charge is 0.0790 e. The van der Waals surface area contributed by atoms with Crippen molar-refractivity contribution < 1.29 is 6.53 Å². The normalized spacial score (nSPS) is 27.5. The van der Waals surface area contributed by atoms with Crippen LogP contribution in [0.4, 0.5) is 0 Å². The van der Waals surface area contributed by atoms with Gasteiger partial charge in [0.2, 0.25) is 0 Å². The monoisotopic (exact) mass is 413 g/mol. The van der Waals surface area contributed by atoms with Crippen molar-refractivity contribution in [1.82, 2.24) is 0 Å². The number of hydrogen-bond acceptors (Lipinski definition) is 2. The lowest BCUT2D eigenvalue weighted by Crippen LogP contribution is -2.50. The van der Waals surface area contributed by atoms with Gasteiger partial charge < -0.3 is 10.8 Å². The van der Waals surface area contributed by atoms with Crippen LogP contribution >= 0.6 is 12.2 Å². The van der Waals surface area contributed by atoms with Crippen molar-refractivity contribution in [2.24, 2.45) is 17.1 Å². The molecule has 3 unspecified atom stereocenters. The molecule has 160 valence electrons. The Kier molecular flexibility index (Phi) is 8.85. The van der Waals surface area contributed by atoms with Gasteiger partial charge in [0, 0.05) is 14.0 Å². The van der Waals surface area contributed by atoms with Crippen LogP contribution in [0.5, 0.6) is 0 Å². The molecule has 0 radical (unpaired) electrons. The largest absolute Gasteiger partial charge is 0.400 e. The Hall–Kier alpha value is -1.71. The SMILES string of the molecule is CCC1(c2ccccc2)CC2CCCC(C(N)=S)(C2)C1.CO.Cc1ccccc1.[HH]. The fourth-order valence-corrected chi connectivity index (χ4v) is 5.68. The van der Waals surface area contributed by atoms with E-state index in [1.165, 1.54) is 49.7 Å². The van der Waals surface area contributed by atoms with Gasteiger partial charge in [0.1, 0.15) is 0 Å². The fraction of sp³-hybridized carbons (Fsp3) is 0.500. The van der Waals surface area contributed by atoms with E-state index in [1.54, 1.807) is 0 Å². The lowest BCUT2D eigenvalue weighted by Gasteiger charge is -2.54. The summed E-state index contributed by atoms with van der Waals surface area (Å²) in [4.78, 5) is 0.774. The third kappa shape index (κ3) is 5.67. The number of aliphatic hydroxyl groups is 1. The Morgan fingerprint density at radius 1 is 1.07 bits per heavy atom. The topological polar surface area (TPSA) is 46.2 Å². The number of hydrogen-bond donors (Lipinski definition) is 2. The molecule has 0 aliphatic heterocycles. The van der Waals surface area contributed by atoms with Crippen molar-refractivity contribution in [2.75, 3.05) is 7.11 Å². The highest BCUT2D eigenvalue weighted by Crippen LogP contribution is 2.57. The van der Waals surface area contributed by atoms with E-state index in [0.717, 1.165) is 24.4 Å². The molecule has 4 rings (SSSR count). The predicted molar refractivity (Wildman–Crippen MR) is 130 cm³/mol. The molecule has 29 heavy (non-hydrogen) atoms. The fourth-order valence-electron chi connectivity index (χ4n) is 5.42. The molecule has 3 heteroatoms. The molecule has 2 fully saturated rings. The van der Waals surface area contributed by atoms with Crippen molar-refractivity contribution in [3.8, 4) is 0 Å². The van der Waals surface area contributed by atoms with Crippen LogP contribution < -0.4 is 5.73 Å². The lowest BCUT2D eigenvalue weighted by molar-refractivity contribution is 0.0692. The van der Waals surface area contributed by atoms with Crippen LogP contribution in [0.1, 0.15) is 64.4 Å². The number of benzene rings is 2. The molecule has 2 aromatic carbocycles. The first-order valence-electron chi connectivity index (χ1n) is 10.8. The van der Waals surface area contributed by atoms with Crippen molar-refractivity contribution in [3.05, 3.63) is 71.8 Å².